The minimum absolute atomic E-state index is 0.169. The fourth-order valence-corrected chi connectivity index (χ4v) is 3.87. The van der Waals surface area contributed by atoms with Crippen LogP contribution in [-0.2, 0) is 11.4 Å². The summed E-state index contributed by atoms with van der Waals surface area (Å²) in [6, 6.07) is 16.0. The minimum Gasteiger partial charge on any atom is -0.493 e. The molecule has 3 aromatic carbocycles. The molecule has 194 valence electrons. The molecule has 0 aliphatic heterocycles. The van der Waals surface area contributed by atoms with Gasteiger partial charge in [0.25, 0.3) is 11.8 Å². The Labute approximate surface area is 230 Å². The summed E-state index contributed by atoms with van der Waals surface area (Å²) in [7, 11) is 1.52. The molecule has 0 fully saturated rings. The molecule has 0 aliphatic rings. The first-order valence-corrected chi connectivity index (χ1v) is 12.5. The Hall–Kier alpha value is -3.26. The van der Waals surface area contributed by atoms with Crippen LogP contribution in [0.3, 0.4) is 0 Å². The largest absolute Gasteiger partial charge is 0.493 e. The lowest BCUT2D eigenvalue weighted by molar-refractivity contribution is -0.123. The van der Waals surface area contributed by atoms with E-state index in [4.69, 9.17) is 44.3 Å². The highest BCUT2D eigenvalue weighted by atomic mass is 35.5. The van der Waals surface area contributed by atoms with Crippen LogP contribution in [0.4, 0.5) is 0 Å². The third kappa shape index (κ3) is 8.12. The highest BCUT2D eigenvalue weighted by Gasteiger charge is 2.24. The Balaban J connectivity index is 1.61. The molecule has 7 nitrogen and oxygen atoms in total. The Morgan fingerprint density at radius 3 is 2.30 bits per heavy atom. The number of hydrogen-bond acceptors (Lipinski definition) is 5. The van der Waals surface area contributed by atoms with Crippen molar-refractivity contribution in [2.24, 2.45) is 11.0 Å². The molecule has 0 bridgehead atoms. The van der Waals surface area contributed by atoms with Crippen molar-refractivity contribution in [3.8, 4) is 11.5 Å². The van der Waals surface area contributed by atoms with Gasteiger partial charge in [-0.1, -0.05) is 54.7 Å². The van der Waals surface area contributed by atoms with Crippen LogP contribution < -0.4 is 20.2 Å². The normalized spacial score (nSPS) is 11.9. The van der Waals surface area contributed by atoms with Gasteiger partial charge in [-0.15, -0.1) is 0 Å². The Morgan fingerprint density at radius 1 is 0.946 bits per heavy atom. The smallest absolute Gasteiger partial charge is 0.262 e. The highest BCUT2D eigenvalue weighted by Crippen LogP contribution is 2.29. The van der Waals surface area contributed by atoms with Gasteiger partial charge >= 0.3 is 0 Å². The van der Waals surface area contributed by atoms with E-state index in [2.05, 4.69) is 15.8 Å². The molecule has 2 amide bonds. The summed E-state index contributed by atoms with van der Waals surface area (Å²) in [5.41, 5.74) is 4.34. The fraction of sp³-hybridized carbons (Fsp3) is 0.222. The van der Waals surface area contributed by atoms with Crippen molar-refractivity contribution in [1.82, 2.24) is 10.7 Å². The van der Waals surface area contributed by atoms with Crippen molar-refractivity contribution in [3.63, 3.8) is 0 Å². The third-order valence-electron chi connectivity index (χ3n) is 5.32. The number of rotatable bonds is 10. The van der Waals surface area contributed by atoms with Crippen LogP contribution >= 0.6 is 34.8 Å². The topological polar surface area (TPSA) is 89.0 Å². The van der Waals surface area contributed by atoms with Crippen molar-refractivity contribution >= 4 is 52.8 Å². The second-order valence-electron chi connectivity index (χ2n) is 8.37. The number of benzene rings is 3. The van der Waals surface area contributed by atoms with Gasteiger partial charge in [0.2, 0.25) is 0 Å². The van der Waals surface area contributed by atoms with E-state index < -0.39 is 11.9 Å². The molecular weight excluding hydrogens is 537 g/mol. The van der Waals surface area contributed by atoms with E-state index in [0.29, 0.717) is 37.7 Å². The molecule has 3 aromatic rings. The number of carbonyl (C=O) groups is 2. The second kappa shape index (κ2) is 13.3. The van der Waals surface area contributed by atoms with Gasteiger partial charge in [0, 0.05) is 26.2 Å². The van der Waals surface area contributed by atoms with E-state index in [-0.39, 0.29) is 18.4 Å². The van der Waals surface area contributed by atoms with Gasteiger partial charge in [0.1, 0.15) is 12.6 Å². The van der Waals surface area contributed by atoms with Crippen LogP contribution in [0.1, 0.15) is 35.3 Å². The van der Waals surface area contributed by atoms with Gasteiger partial charge in [-0.05, 0) is 66.1 Å². The standard InChI is InChI=1S/C27H26Cl3N3O4/c1-16(2)25(32-26(34)18-5-8-20(28)9-6-18)27(35)33-31-14-17-4-11-23(24(12-17)36-3)37-15-19-7-10-21(29)13-22(19)30/h4-14,16,25H,15H2,1-3H3,(H,32,34)(H,33,35)/b31-14+. The van der Waals surface area contributed by atoms with Gasteiger partial charge in [-0.3, -0.25) is 9.59 Å². The maximum absolute atomic E-state index is 12.7. The summed E-state index contributed by atoms with van der Waals surface area (Å²) in [5, 5.41) is 8.35. The number of halogens is 3. The van der Waals surface area contributed by atoms with Crippen molar-refractivity contribution in [2.45, 2.75) is 26.5 Å². The molecule has 10 heteroatoms. The van der Waals surface area contributed by atoms with Crippen LogP contribution in [0.15, 0.2) is 65.8 Å². The van der Waals surface area contributed by atoms with Crippen LogP contribution in [-0.4, -0.2) is 31.2 Å². The fourth-order valence-electron chi connectivity index (χ4n) is 3.28. The predicted molar refractivity (Wildman–Crippen MR) is 147 cm³/mol. The molecule has 2 N–H and O–H groups in total. The average Bonchev–Trinajstić information content (AvgIpc) is 2.87. The number of carbonyl (C=O) groups excluding carboxylic acids is 2. The van der Waals surface area contributed by atoms with E-state index in [0.717, 1.165) is 5.56 Å². The molecule has 0 radical (unpaired) electrons. The van der Waals surface area contributed by atoms with Crippen LogP contribution in [0.5, 0.6) is 11.5 Å². The number of hydrazone groups is 1. The van der Waals surface area contributed by atoms with Gasteiger partial charge in [0.05, 0.1) is 13.3 Å². The first-order chi connectivity index (χ1) is 17.7. The van der Waals surface area contributed by atoms with Gasteiger partial charge in [-0.25, -0.2) is 5.43 Å². The van der Waals surface area contributed by atoms with Crippen LogP contribution in [0, 0.1) is 5.92 Å². The lowest BCUT2D eigenvalue weighted by Gasteiger charge is -2.20. The minimum atomic E-state index is -0.787. The molecule has 1 unspecified atom stereocenters. The lowest BCUT2D eigenvalue weighted by atomic mass is 10.0. The molecule has 0 heterocycles. The van der Waals surface area contributed by atoms with Gasteiger partial charge in [0.15, 0.2) is 11.5 Å². The molecule has 3 rings (SSSR count). The monoisotopic (exact) mass is 561 g/mol. The zero-order valence-electron chi connectivity index (χ0n) is 20.4. The molecule has 0 aliphatic carbocycles. The van der Waals surface area contributed by atoms with Gasteiger partial charge < -0.3 is 14.8 Å². The van der Waals surface area contributed by atoms with Crippen molar-refractivity contribution < 1.29 is 19.1 Å². The number of ether oxygens (including phenoxy) is 2. The Bertz CT molecular complexity index is 1280. The zero-order chi connectivity index (χ0) is 26.9. The van der Waals surface area contributed by atoms with Gasteiger partial charge in [-0.2, -0.15) is 5.10 Å². The van der Waals surface area contributed by atoms with E-state index in [1.165, 1.54) is 13.3 Å². The van der Waals surface area contributed by atoms with E-state index in [1.807, 2.05) is 13.8 Å². The second-order valence-corrected chi connectivity index (χ2v) is 9.65. The number of methoxy groups -OCH3 is 1. The first-order valence-electron chi connectivity index (χ1n) is 11.3. The summed E-state index contributed by atoms with van der Waals surface area (Å²) in [4.78, 5) is 25.3. The molecule has 0 saturated carbocycles. The SMILES string of the molecule is COc1cc(/C=N/NC(=O)C(NC(=O)c2ccc(Cl)cc2)C(C)C)ccc1OCc1ccc(Cl)cc1Cl. The number of nitrogens with one attached hydrogen (secondary N) is 2. The van der Waals surface area contributed by atoms with E-state index >= 15 is 0 Å². The number of nitrogens with zero attached hydrogens (tertiary/aromatic N) is 1. The van der Waals surface area contributed by atoms with Crippen molar-refractivity contribution in [3.05, 3.63) is 92.4 Å². The maximum atomic E-state index is 12.7. The van der Waals surface area contributed by atoms with Crippen LogP contribution in [0.2, 0.25) is 15.1 Å². The lowest BCUT2D eigenvalue weighted by Crippen LogP contribution is -2.48. The summed E-state index contributed by atoms with van der Waals surface area (Å²) in [6.07, 6.45) is 1.47. The molecule has 37 heavy (non-hydrogen) atoms. The molecular formula is C27H26Cl3N3O4. The first kappa shape index (κ1) is 28.3. The summed E-state index contributed by atoms with van der Waals surface area (Å²) < 4.78 is 11.3. The predicted octanol–water partition coefficient (Wildman–Crippen LogP) is 6.14. The molecule has 0 saturated heterocycles. The quantitative estimate of drug-likeness (QED) is 0.229. The number of amides is 2. The average molecular weight is 563 g/mol. The molecule has 0 spiro atoms. The Kier molecular flexibility index (Phi) is 10.2. The summed E-state index contributed by atoms with van der Waals surface area (Å²) >= 11 is 18.0. The van der Waals surface area contributed by atoms with E-state index in [1.54, 1.807) is 60.7 Å². The maximum Gasteiger partial charge on any atom is 0.262 e. The molecule has 1 atom stereocenters. The molecule has 0 aromatic heterocycles. The zero-order valence-corrected chi connectivity index (χ0v) is 22.7. The highest BCUT2D eigenvalue weighted by molar-refractivity contribution is 6.35. The Morgan fingerprint density at radius 2 is 1.65 bits per heavy atom. The van der Waals surface area contributed by atoms with Crippen LogP contribution in [0.25, 0.3) is 0 Å². The summed E-state index contributed by atoms with van der Waals surface area (Å²) in [6.45, 7) is 3.89. The van der Waals surface area contributed by atoms with Crippen molar-refractivity contribution in [2.75, 3.05) is 7.11 Å². The third-order valence-corrected chi connectivity index (χ3v) is 6.16. The summed E-state index contributed by atoms with van der Waals surface area (Å²) in [5.74, 6) is 0.00212. The van der Waals surface area contributed by atoms with Crippen molar-refractivity contribution in [1.29, 1.82) is 0 Å². The van der Waals surface area contributed by atoms with E-state index in [9.17, 15) is 9.59 Å². The number of hydrogen-bond donors (Lipinski definition) is 2.